The zero-order chi connectivity index (χ0) is 8.97. The fraction of sp³-hybridized carbons (Fsp3) is 0.900. The molecule has 0 aromatic heterocycles. The van der Waals surface area contributed by atoms with Gasteiger partial charge in [0.1, 0.15) is 0 Å². The third kappa shape index (κ3) is 2.84. The second-order valence-electron chi connectivity index (χ2n) is 3.95. The molecule has 2 nitrogen and oxygen atoms in total. The van der Waals surface area contributed by atoms with Crippen molar-refractivity contribution in [1.29, 1.82) is 0 Å². The maximum Gasteiger partial charge on any atom is 0.220 e. The first-order chi connectivity index (χ1) is 5.72. The van der Waals surface area contributed by atoms with Gasteiger partial charge in [0.15, 0.2) is 0 Å². The van der Waals surface area contributed by atoms with Crippen LogP contribution in [0.25, 0.3) is 0 Å². The minimum atomic E-state index is 0.245. The Morgan fingerprint density at radius 1 is 1.58 bits per heavy atom. The van der Waals surface area contributed by atoms with Crippen molar-refractivity contribution in [3.8, 4) is 0 Å². The van der Waals surface area contributed by atoms with E-state index in [1.165, 1.54) is 19.3 Å². The summed E-state index contributed by atoms with van der Waals surface area (Å²) < 4.78 is 0. The molecule has 1 fully saturated rings. The highest BCUT2D eigenvalue weighted by Gasteiger charge is 2.22. The Kier molecular flexibility index (Phi) is 3.57. The van der Waals surface area contributed by atoms with E-state index in [1.54, 1.807) is 0 Å². The molecule has 0 saturated carbocycles. The SMILES string of the molecule is CCCCC1CC(C)CC(=O)N1. The average Bonchev–Trinajstić information content (AvgIpc) is 1.99. The van der Waals surface area contributed by atoms with Crippen LogP contribution in [0.5, 0.6) is 0 Å². The number of nitrogens with one attached hydrogen (secondary N) is 1. The lowest BCUT2D eigenvalue weighted by Crippen LogP contribution is -2.41. The molecule has 1 heterocycles. The zero-order valence-corrected chi connectivity index (χ0v) is 8.10. The summed E-state index contributed by atoms with van der Waals surface area (Å²) in [6.07, 6.45) is 5.51. The maximum absolute atomic E-state index is 11.1. The molecule has 1 saturated heterocycles. The second-order valence-corrected chi connectivity index (χ2v) is 3.95. The van der Waals surface area contributed by atoms with Gasteiger partial charge in [-0.3, -0.25) is 4.79 Å². The third-order valence-corrected chi connectivity index (χ3v) is 2.49. The number of rotatable bonds is 3. The quantitative estimate of drug-likeness (QED) is 0.688. The van der Waals surface area contributed by atoms with Crippen molar-refractivity contribution in [2.45, 2.75) is 52.0 Å². The Morgan fingerprint density at radius 3 is 2.92 bits per heavy atom. The highest BCUT2D eigenvalue weighted by atomic mass is 16.1. The molecule has 0 radical (unpaired) electrons. The smallest absolute Gasteiger partial charge is 0.220 e. The fourth-order valence-electron chi connectivity index (χ4n) is 1.87. The summed E-state index contributed by atoms with van der Waals surface area (Å²) in [6.45, 7) is 4.35. The predicted octanol–water partition coefficient (Wildman–Crippen LogP) is 2.09. The minimum Gasteiger partial charge on any atom is -0.353 e. The van der Waals surface area contributed by atoms with Crippen LogP contribution >= 0.6 is 0 Å². The summed E-state index contributed by atoms with van der Waals surface area (Å²) >= 11 is 0. The third-order valence-electron chi connectivity index (χ3n) is 2.49. The Morgan fingerprint density at radius 2 is 2.33 bits per heavy atom. The monoisotopic (exact) mass is 169 g/mol. The van der Waals surface area contributed by atoms with Crippen LogP contribution in [0.4, 0.5) is 0 Å². The van der Waals surface area contributed by atoms with Crippen LogP contribution in [0, 0.1) is 5.92 Å². The molecular formula is C10H19NO. The van der Waals surface area contributed by atoms with E-state index in [9.17, 15) is 4.79 Å². The molecule has 1 rings (SSSR count). The number of hydrogen-bond acceptors (Lipinski definition) is 1. The normalized spacial score (nSPS) is 30.0. The number of unbranched alkanes of at least 4 members (excludes halogenated alkanes) is 1. The first kappa shape index (κ1) is 9.56. The molecule has 0 aliphatic carbocycles. The average molecular weight is 169 g/mol. The van der Waals surface area contributed by atoms with Crippen LogP contribution in [0.15, 0.2) is 0 Å². The number of amides is 1. The highest BCUT2D eigenvalue weighted by Crippen LogP contribution is 2.19. The molecule has 1 N–H and O–H groups in total. The Balaban J connectivity index is 2.29. The molecule has 0 spiro atoms. The summed E-state index contributed by atoms with van der Waals surface area (Å²) in [5.41, 5.74) is 0. The molecule has 0 aromatic rings. The van der Waals surface area contributed by atoms with Gasteiger partial charge in [-0.05, 0) is 18.8 Å². The molecular weight excluding hydrogens is 150 g/mol. The topological polar surface area (TPSA) is 29.1 Å². The largest absolute Gasteiger partial charge is 0.353 e. The lowest BCUT2D eigenvalue weighted by molar-refractivity contribution is -0.124. The number of piperidine rings is 1. The van der Waals surface area contributed by atoms with Crippen molar-refractivity contribution < 1.29 is 4.79 Å². The van der Waals surface area contributed by atoms with Crippen LogP contribution in [0.2, 0.25) is 0 Å². The van der Waals surface area contributed by atoms with Crippen molar-refractivity contribution in [2.24, 2.45) is 5.92 Å². The van der Waals surface area contributed by atoms with E-state index >= 15 is 0 Å². The van der Waals surface area contributed by atoms with Crippen molar-refractivity contribution in [3.05, 3.63) is 0 Å². The van der Waals surface area contributed by atoms with Crippen molar-refractivity contribution in [1.82, 2.24) is 5.32 Å². The van der Waals surface area contributed by atoms with E-state index in [0.29, 0.717) is 12.0 Å². The molecule has 0 bridgehead atoms. The van der Waals surface area contributed by atoms with E-state index in [4.69, 9.17) is 0 Å². The number of carbonyl (C=O) groups is 1. The molecule has 0 aromatic carbocycles. The Bertz CT molecular complexity index is 156. The van der Waals surface area contributed by atoms with E-state index in [0.717, 1.165) is 12.8 Å². The van der Waals surface area contributed by atoms with Gasteiger partial charge >= 0.3 is 0 Å². The lowest BCUT2D eigenvalue weighted by atomic mass is 9.91. The standard InChI is InChI=1S/C10H19NO/c1-3-4-5-9-6-8(2)7-10(12)11-9/h8-9H,3-7H2,1-2H3,(H,11,12). The summed E-state index contributed by atoms with van der Waals surface area (Å²) in [7, 11) is 0. The summed E-state index contributed by atoms with van der Waals surface area (Å²) in [6, 6.07) is 0.459. The minimum absolute atomic E-state index is 0.245. The van der Waals surface area contributed by atoms with Crippen molar-refractivity contribution >= 4 is 5.91 Å². The summed E-state index contributed by atoms with van der Waals surface area (Å²) in [5, 5.41) is 3.04. The molecule has 70 valence electrons. The van der Waals surface area contributed by atoms with E-state index in [1.807, 2.05) is 0 Å². The first-order valence-corrected chi connectivity index (χ1v) is 5.01. The van der Waals surface area contributed by atoms with E-state index < -0.39 is 0 Å². The van der Waals surface area contributed by atoms with Crippen LogP contribution in [-0.4, -0.2) is 11.9 Å². The van der Waals surface area contributed by atoms with Gasteiger partial charge in [0.05, 0.1) is 0 Å². The molecule has 1 amide bonds. The molecule has 12 heavy (non-hydrogen) atoms. The highest BCUT2D eigenvalue weighted by molar-refractivity contribution is 5.77. The van der Waals surface area contributed by atoms with Crippen LogP contribution in [-0.2, 0) is 4.79 Å². The lowest BCUT2D eigenvalue weighted by Gasteiger charge is -2.27. The van der Waals surface area contributed by atoms with Gasteiger partial charge in [-0.15, -0.1) is 0 Å². The predicted molar refractivity (Wildman–Crippen MR) is 49.9 cm³/mol. The number of carbonyl (C=O) groups excluding carboxylic acids is 1. The van der Waals surface area contributed by atoms with Crippen molar-refractivity contribution in [3.63, 3.8) is 0 Å². The van der Waals surface area contributed by atoms with Gasteiger partial charge in [0.25, 0.3) is 0 Å². The van der Waals surface area contributed by atoms with E-state index in [2.05, 4.69) is 19.2 Å². The van der Waals surface area contributed by atoms with Crippen molar-refractivity contribution in [2.75, 3.05) is 0 Å². The van der Waals surface area contributed by atoms with Gasteiger partial charge in [0.2, 0.25) is 5.91 Å². The van der Waals surface area contributed by atoms with Gasteiger partial charge < -0.3 is 5.32 Å². The molecule has 1 aliphatic heterocycles. The number of hydrogen-bond donors (Lipinski definition) is 1. The second kappa shape index (κ2) is 4.48. The van der Waals surface area contributed by atoms with E-state index in [-0.39, 0.29) is 5.91 Å². The fourth-order valence-corrected chi connectivity index (χ4v) is 1.87. The van der Waals surface area contributed by atoms with Crippen LogP contribution in [0.1, 0.15) is 46.0 Å². The molecule has 2 unspecified atom stereocenters. The van der Waals surface area contributed by atoms with Gasteiger partial charge in [-0.25, -0.2) is 0 Å². The van der Waals surface area contributed by atoms with Gasteiger partial charge in [0, 0.05) is 12.5 Å². The zero-order valence-electron chi connectivity index (χ0n) is 8.10. The first-order valence-electron chi connectivity index (χ1n) is 5.01. The Labute approximate surface area is 74.7 Å². The molecule has 1 aliphatic rings. The van der Waals surface area contributed by atoms with Crippen LogP contribution in [0.3, 0.4) is 0 Å². The Hall–Kier alpha value is -0.530. The molecule has 2 atom stereocenters. The van der Waals surface area contributed by atoms with Crippen LogP contribution < -0.4 is 5.32 Å². The van der Waals surface area contributed by atoms with Gasteiger partial charge in [-0.1, -0.05) is 26.7 Å². The molecule has 2 heteroatoms. The summed E-state index contributed by atoms with van der Waals surface area (Å²) in [4.78, 5) is 11.1. The maximum atomic E-state index is 11.1. The van der Waals surface area contributed by atoms with Gasteiger partial charge in [-0.2, -0.15) is 0 Å². The summed E-state index contributed by atoms with van der Waals surface area (Å²) in [5.74, 6) is 0.829.